The van der Waals surface area contributed by atoms with Gasteiger partial charge in [0.2, 0.25) is 5.91 Å². The number of amides is 1. The zero-order valence-corrected chi connectivity index (χ0v) is 14.6. The summed E-state index contributed by atoms with van der Waals surface area (Å²) in [6.45, 7) is -1.99. The van der Waals surface area contributed by atoms with E-state index in [4.69, 9.17) is 0 Å². The normalized spacial score (nSPS) is 19.3. The van der Waals surface area contributed by atoms with Crippen molar-refractivity contribution in [3.05, 3.63) is 42.0 Å². The van der Waals surface area contributed by atoms with Crippen molar-refractivity contribution in [2.75, 3.05) is 18.4 Å². The van der Waals surface area contributed by atoms with Crippen LogP contribution in [0.3, 0.4) is 0 Å². The van der Waals surface area contributed by atoms with Gasteiger partial charge in [0, 0.05) is 44.0 Å². The van der Waals surface area contributed by atoms with Crippen molar-refractivity contribution in [2.24, 2.45) is 13.0 Å². The van der Waals surface area contributed by atoms with Crippen LogP contribution in [0.4, 0.5) is 18.9 Å². The maximum absolute atomic E-state index is 13.7. The molecule has 1 saturated heterocycles. The number of carbonyl (C=O) groups is 1. The lowest BCUT2D eigenvalue weighted by Crippen LogP contribution is -2.28. The minimum Gasteiger partial charge on any atom is -0.432 e. The third-order valence-corrected chi connectivity index (χ3v) is 4.12. The molecule has 0 aliphatic carbocycles. The molecule has 1 aliphatic heterocycles. The fourth-order valence-electron chi connectivity index (χ4n) is 2.94. The summed E-state index contributed by atoms with van der Waals surface area (Å²) in [7, 11) is 1.80. The Kier molecular flexibility index (Phi) is 6.49. The number of hydrogen-bond donors (Lipinski definition) is 2. The summed E-state index contributed by atoms with van der Waals surface area (Å²) < 4.78 is 43.8. The highest BCUT2D eigenvalue weighted by Gasteiger charge is 2.34. The molecule has 1 fully saturated rings. The zero-order valence-electron chi connectivity index (χ0n) is 13.8. The highest BCUT2D eigenvalue weighted by Crippen LogP contribution is 2.29. The lowest BCUT2D eigenvalue weighted by atomic mass is 9.90. The number of ether oxygens (including phenoxy) is 1. The Balaban J connectivity index is 0.00000243. The first-order valence-electron chi connectivity index (χ1n) is 7.68. The number of rotatable bonds is 5. The molecular formula is C16H18ClF3N4O2. The second-order valence-electron chi connectivity index (χ2n) is 5.83. The van der Waals surface area contributed by atoms with Crippen LogP contribution < -0.4 is 15.4 Å². The lowest BCUT2D eigenvalue weighted by molar-refractivity contribution is -0.119. The minimum absolute atomic E-state index is 0. The van der Waals surface area contributed by atoms with Crippen LogP contribution in [-0.4, -0.2) is 35.4 Å². The number of hydrogen-bond acceptors (Lipinski definition) is 4. The molecule has 0 saturated carbocycles. The van der Waals surface area contributed by atoms with E-state index >= 15 is 0 Å². The van der Waals surface area contributed by atoms with Gasteiger partial charge in [0.25, 0.3) is 0 Å². The Hall–Kier alpha value is -2.26. The van der Waals surface area contributed by atoms with E-state index in [1.165, 1.54) is 6.07 Å². The van der Waals surface area contributed by atoms with Crippen LogP contribution in [0.15, 0.2) is 30.6 Å². The first kappa shape index (κ1) is 20.1. The lowest BCUT2D eigenvalue weighted by Gasteiger charge is -2.17. The van der Waals surface area contributed by atoms with Crippen molar-refractivity contribution in [1.29, 1.82) is 0 Å². The second-order valence-corrected chi connectivity index (χ2v) is 5.83. The van der Waals surface area contributed by atoms with E-state index in [0.717, 1.165) is 17.7 Å². The summed E-state index contributed by atoms with van der Waals surface area (Å²) >= 11 is 0. The molecule has 2 atom stereocenters. The maximum atomic E-state index is 13.7. The Morgan fingerprint density at radius 3 is 2.81 bits per heavy atom. The number of anilines is 1. The van der Waals surface area contributed by atoms with Crippen LogP contribution >= 0.6 is 12.4 Å². The summed E-state index contributed by atoms with van der Waals surface area (Å²) in [5.74, 6) is -2.19. The quantitative estimate of drug-likeness (QED) is 0.823. The predicted octanol–water partition coefficient (Wildman–Crippen LogP) is 2.52. The Bertz CT molecular complexity index is 772. The zero-order chi connectivity index (χ0) is 18.0. The number of aryl methyl sites for hydroxylation is 1. The van der Waals surface area contributed by atoms with Gasteiger partial charge in [-0.05, 0) is 17.7 Å². The van der Waals surface area contributed by atoms with Gasteiger partial charge >= 0.3 is 6.61 Å². The molecule has 0 radical (unpaired) electrons. The van der Waals surface area contributed by atoms with Crippen molar-refractivity contribution in [3.63, 3.8) is 0 Å². The van der Waals surface area contributed by atoms with E-state index in [-0.39, 0.29) is 35.8 Å². The molecule has 2 N–H and O–H groups in total. The van der Waals surface area contributed by atoms with Crippen molar-refractivity contribution < 1.29 is 22.7 Å². The molecule has 0 unspecified atom stereocenters. The summed E-state index contributed by atoms with van der Waals surface area (Å²) in [5, 5.41) is 9.90. The molecule has 1 aliphatic rings. The number of alkyl halides is 2. The van der Waals surface area contributed by atoms with Gasteiger partial charge in [-0.25, -0.2) is 4.39 Å². The Morgan fingerprint density at radius 1 is 1.42 bits per heavy atom. The van der Waals surface area contributed by atoms with Crippen molar-refractivity contribution in [3.8, 4) is 5.75 Å². The first-order valence-corrected chi connectivity index (χ1v) is 7.68. The molecule has 1 aromatic carbocycles. The van der Waals surface area contributed by atoms with Gasteiger partial charge in [-0.15, -0.1) is 12.4 Å². The second kappa shape index (κ2) is 8.41. The van der Waals surface area contributed by atoms with Gasteiger partial charge in [0.1, 0.15) is 0 Å². The van der Waals surface area contributed by atoms with Crippen LogP contribution in [-0.2, 0) is 11.8 Å². The van der Waals surface area contributed by atoms with Crippen molar-refractivity contribution >= 4 is 24.0 Å². The SMILES string of the molecule is Cl.Cn1cc([C@H]2CNC[C@@H]2C(=O)Nc2ccc(OC(F)F)c(F)c2)cn1. The number of aromatic nitrogens is 2. The number of benzene rings is 1. The first-order chi connectivity index (χ1) is 11.9. The minimum atomic E-state index is -3.11. The van der Waals surface area contributed by atoms with Crippen LogP contribution in [0, 0.1) is 11.7 Å². The highest BCUT2D eigenvalue weighted by molar-refractivity contribution is 5.93. The summed E-state index contributed by atoms with van der Waals surface area (Å²) in [4.78, 5) is 12.5. The molecule has 6 nitrogen and oxygen atoms in total. The van der Waals surface area contributed by atoms with Gasteiger partial charge in [-0.3, -0.25) is 9.48 Å². The maximum Gasteiger partial charge on any atom is 0.387 e. The van der Waals surface area contributed by atoms with E-state index in [1.54, 1.807) is 17.9 Å². The third-order valence-electron chi connectivity index (χ3n) is 4.12. The van der Waals surface area contributed by atoms with Crippen LogP contribution in [0.1, 0.15) is 11.5 Å². The number of carbonyl (C=O) groups excluding carboxylic acids is 1. The van der Waals surface area contributed by atoms with Gasteiger partial charge in [0.15, 0.2) is 11.6 Å². The summed E-state index contributed by atoms with van der Waals surface area (Å²) in [6, 6.07) is 3.33. The fraction of sp³-hybridized carbons (Fsp3) is 0.375. The van der Waals surface area contributed by atoms with E-state index in [1.807, 2.05) is 6.20 Å². The topological polar surface area (TPSA) is 68.2 Å². The van der Waals surface area contributed by atoms with E-state index in [9.17, 15) is 18.0 Å². The van der Waals surface area contributed by atoms with Crippen LogP contribution in [0.25, 0.3) is 0 Å². The van der Waals surface area contributed by atoms with Crippen LogP contribution in [0.5, 0.6) is 5.75 Å². The Morgan fingerprint density at radius 2 is 2.19 bits per heavy atom. The molecule has 1 amide bonds. The summed E-state index contributed by atoms with van der Waals surface area (Å²) in [5.41, 5.74) is 1.13. The molecule has 1 aromatic heterocycles. The van der Waals surface area contributed by atoms with Crippen molar-refractivity contribution in [1.82, 2.24) is 15.1 Å². The number of nitrogens with one attached hydrogen (secondary N) is 2. The molecular weight excluding hydrogens is 373 g/mol. The molecule has 3 rings (SSSR count). The van der Waals surface area contributed by atoms with Gasteiger partial charge in [-0.1, -0.05) is 0 Å². The largest absolute Gasteiger partial charge is 0.432 e. The molecule has 0 bridgehead atoms. The fourth-order valence-corrected chi connectivity index (χ4v) is 2.94. The van der Waals surface area contributed by atoms with Crippen LogP contribution in [0.2, 0.25) is 0 Å². The average molecular weight is 391 g/mol. The average Bonchev–Trinajstić information content (AvgIpc) is 3.18. The van der Waals surface area contributed by atoms with Gasteiger partial charge in [0.05, 0.1) is 12.1 Å². The van der Waals surface area contributed by atoms with Gasteiger partial charge < -0.3 is 15.4 Å². The summed E-state index contributed by atoms with van der Waals surface area (Å²) in [6.07, 6.45) is 3.57. The highest BCUT2D eigenvalue weighted by atomic mass is 35.5. The Labute approximate surface area is 154 Å². The standard InChI is InChI=1S/C16H17F3N4O2.ClH/c1-23-8-9(5-21-23)11-6-20-7-12(11)15(24)22-10-2-3-14(13(17)4-10)25-16(18)19;/h2-5,8,11-12,16,20H,6-7H2,1H3,(H,22,24);1H/t11-,12+;/m1./s1. The molecule has 2 heterocycles. The molecule has 10 heteroatoms. The molecule has 2 aromatic rings. The molecule has 142 valence electrons. The predicted molar refractivity (Wildman–Crippen MR) is 91.2 cm³/mol. The molecule has 0 spiro atoms. The smallest absolute Gasteiger partial charge is 0.387 e. The van der Waals surface area contributed by atoms with Gasteiger partial charge in [-0.2, -0.15) is 13.9 Å². The van der Waals surface area contributed by atoms with Crippen molar-refractivity contribution in [2.45, 2.75) is 12.5 Å². The van der Waals surface area contributed by atoms with E-state index < -0.39 is 18.2 Å². The monoisotopic (exact) mass is 390 g/mol. The number of nitrogens with zero attached hydrogens (tertiary/aromatic N) is 2. The van der Waals surface area contributed by atoms with E-state index in [2.05, 4.69) is 20.5 Å². The molecule has 26 heavy (non-hydrogen) atoms. The third kappa shape index (κ3) is 4.47. The van der Waals surface area contributed by atoms with E-state index in [0.29, 0.717) is 13.1 Å². The number of halogens is 4.